The molecule has 2 atom stereocenters. The van der Waals surface area contributed by atoms with Gasteiger partial charge in [0.15, 0.2) is 0 Å². The van der Waals surface area contributed by atoms with Crippen LogP contribution in [0, 0.1) is 5.92 Å². The van der Waals surface area contributed by atoms with E-state index in [0.717, 1.165) is 36.2 Å². The Morgan fingerprint density at radius 1 is 1.35 bits per heavy atom. The fraction of sp³-hybridized carbons (Fsp3) is 0.471. The third-order valence-corrected chi connectivity index (χ3v) is 4.95. The number of aromatic amines is 1. The molecule has 2 fully saturated rings. The molecule has 6 nitrogen and oxygen atoms in total. The van der Waals surface area contributed by atoms with Crippen LogP contribution in [0.3, 0.4) is 0 Å². The van der Waals surface area contributed by atoms with E-state index in [9.17, 15) is 9.59 Å². The van der Waals surface area contributed by atoms with Crippen molar-refractivity contribution in [2.75, 3.05) is 20.1 Å². The molecule has 120 valence electrons. The van der Waals surface area contributed by atoms with Crippen LogP contribution in [0.4, 0.5) is 0 Å². The topological polar surface area (TPSA) is 69.3 Å². The third kappa shape index (κ3) is 2.38. The van der Waals surface area contributed by atoms with Crippen LogP contribution in [0.5, 0.6) is 0 Å². The van der Waals surface area contributed by atoms with Crippen molar-refractivity contribution in [2.45, 2.75) is 25.3 Å². The van der Waals surface area contributed by atoms with E-state index < -0.39 is 0 Å². The van der Waals surface area contributed by atoms with Gasteiger partial charge in [0.25, 0.3) is 0 Å². The quantitative estimate of drug-likeness (QED) is 0.917. The van der Waals surface area contributed by atoms with E-state index in [0.29, 0.717) is 13.0 Å². The van der Waals surface area contributed by atoms with Gasteiger partial charge >= 0.3 is 0 Å². The zero-order valence-corrected chi connectivity index (χ0v) is 13.2. The third-order valence-electron chi connectivity index (χ3n) is 4.95. The van der Waals surface area contributed by atoms with Crippen molar-refractivity contribution in [1.29, 1.82) is 0 Å². The summed E-state index contributed by atoms with van der Waals surface area (Å²) in [5.41, 5.74) is 1.93. The molecule has 4 rings (SSSR count). The molecule has 3 heterocycles. The highest BCUT2D eigenvalue weighted by atomic mass is 16.2. The average molecular weight is 312 g/mol. The second-order valence-electron chi connectivity index (χ2n) is 6.50. The van der Waals surface area contributed by atoms with Gasteiger partial charge in [0.05, 0.1) is 23.0 Å². The van der Waals surface area contributed by atoms with Gasteiger partial charge in [0.2, 0.25) is 11.8 Å². The Morgan fingerprint density at radius 3 is 2.91 bits per heavy atom. The maximum Gasteiger partial charge on any atom is 0.228 e. The van der Waals surface area contributed by atoms with Crippen molar-refractivity contribution in [3.05, 3.63) is 30.1 Å². The first-order valence-electron chi connectivity index (χ1n) is 8.12. The summed E-state index contributed by atoms with van der Waals surface area (Å²) in [7, 11) is 1.76. The van der Waals surface area contributed by atoms with Crippen molar-refractivity contribution in [3.8, 4) is 0 Å². The highest BCUT2D eigenvalue weighted by molar-refractivity contribution is 5.89. The number of likely N-dealkylation sites (tertiary alicyclic amines) is 2. The Morgan fingerprint density at radius 2 is 2.17 bits per heavy atom. The summed E-state index contributed by atoms with van der Waals surface area (Å²) in [6.07, 6.45) is 2.23. The number of benzene rings is 1. The monoisotopic (exact) mass is 312 g/mol. The lowest BCUT2D eigenvalue weighted by Gasteiger charge is -2.25. The van der Waals surface area contributed by atoms with Crippen LogP contribution in [-0.2, 0) is 9.59 Å². The first kappa shape index (κ1) is 14.2. The summed E-state index contributed by atoms with van der Waals surface area (Å²) in [6.45, 7) is 1.27. The SMILES string of the molecule is CN1CC(C(=O)N2CCC[C@H]2c2nc3ccccc3[nH]2)CC1=O. The van der Waals surface area contributed by atoms with E-state index in [-0.39, 0.29) is 23.8 Å². The zero-order valence-electron chi connectivity index (χ0n) is 13.2. The molecule has 1 aromatic carbocycles. The van der Waals surface area contributed by atoms with Gasteiger partial charge in [-0.1, -0.05) is 12.1 Å². The molecule has 0 spiro atoms. The van der Waals surface area contributed by atoms with Crippen LogP contribution in [0.25, 0.3) is 11.0 Å². The fourth-order valence-electron chi connectivity index (χ4n) is 3.71. The van der Waals surface area contributed by atoms with Crippen molar-refractivity contribution in [3.63, 3.8) is 0 Å². The molecule has 2 amide bonds. The minimum absolute atomic E-state index is 0.00379. The van der Waals surface area contributed by atoms with E-state index in [1.165, 1.54) is 0 Å². The number of carbonyl (C=O) groups excluding carboxylic acids is 2. The normalized spacial score (nSPS) is 24.8. The van der Waals surface area contributed by atoms with E-state index in [1.807, 2.05) is 29.2 Å². The first-order valence-corrected chi connectivity index (χ1v) is 8.12. The van der Waals surface area contributed by atoms with Gasteiger partial charge in [-0.05, 0) is 25.0 Å². The van der Waals surface area contributed by atoms with E-state index in [1.54, 1.807) is 11.9 Å². The lowest BCUT2D eigenvalue weighted by Crippen LogP contribution is -2.37. The molecule has 6 heteroatoms. The van der Waals surface area contributed by atoms with Crippen LogP contribution in [0.15, 0.2) is 24.3 Å². The number of carbonyl (C=O) groups is 2. The molecule has 0 aliphatic carbocycles. The van der Waals surface area contributed by atoms with Gasteiger partial charge in [0, 0.05) is 26.6 Å². The number of fused-ring (bicyclic) bond motifs is 1. The lowest BCUT2D eigenvalue weighted by molar-refractivity contribution is -0.136. The largest absolute Gasteiger partial charge is 0.345 e. The number of aromatic nitrogens is 2. The van der Waals surface area contributed by atoms with Crippen molar-refractivity contribution >= 4 is 22.8 Å². The maximum absolute atomic E-state index is 12.8. The molecule has 1 unspecified atom stereocenters. The Kier molecular flexibility index (Phi) is 3.32. The van der Waals surface area contributed by atoms with Gasteiger partial charge in [0.1, 0.15) is 5.82 Å². The summed E-state index contributed by atoms with van der Waals surface area (Å²) in [5, 5.41) is 0. The smallest absolute Gasteiger partial charge is 0.228 e. The Bertz CT molecular complexity index is 736. The van der Waals surface area contributed by atoms with Gasteiger partial charge in [-0.25, -0.2) is 4.98 Å². The van der Waals surface area contributed by atoms with Crippen LogP contribution in [0.2, 0.25) is 0 Å². The Labute approximate surface area is 134 Å². The first-order chi connectivity index (χ1) is 11.1. The molecular formula is C17H20N4O2. The van der Waals surface area contributed by atoms with Gasteiger partial charge in [-0.15, -0.1) is 0 Å². The summed E-state index contributed by atoms with van der Waals surface area (Å²) in [4.78, 5) is 36.1. The van der Waals surface area contributed by atoms with Crippen LogP contribution in [0.1, 0.15) is 31.1 Å². The number of H-pyrrole nitrogens is 1. The number of imidazole rings is 1. The van der Waals surface area contributed by atoms with Crippen molar-refractivity contribution < 1.29 is 9.59 Å². The summed E-state index contributed by atoms with van der Waals surface area (Å²) in [5.74, 6) is 0.792. The number of amides is 2. The summed E-state index contributed by atoms with van der Waals surface area (Å²) < 4.78 is 0. The minimum atomic E-state index is -0.211. The molecule has 23 heavy (non-hydrogen) atoms. The highest BCUT2D eigenvalue weighted by Crippen LogP contribution is 2.34. The van der Waals surface area contributed by atoms with Crippen molar-refractivity contribution in [2.24, 2.45) is 5.92 Å². The number of hydrogen-bond acceptors (Lipinski definition) is 3. The van der Waals surface area contributed by atoms with Crippen LogP contribution < -0.4 is 0 Å². The predicted octanol–water partition coefficient (Wildman–Crippen LogP) is 1.70. The fourth-order valence-corrected chi connectivity index (χ4v) is 3.71. The number of rotatable bonds is 2. The lowest BCUT2D eigenvalue weighted by atomic mass is 10.1. The maximum atomic E-state index is 12.8. The molecule has 0 bridgehead atoms. The summed E-state index contributed by atoms with van der Waals surface area (Å²) in [6, 6.07) is 7.90. The number of nitrogens with one attached hydrogen (secondary N) is 1. The minimum Gasteiger partial charge on any atom is -0.345 e. The summed E-state index contributed by atoms with van der Waals surface area (Å²) >= 11 is 0. The average Bonchev–Trinajstić information content (AvgIpc) is 3.24. The number of nitrogens with zero attached hydrogens (tertiary/aromatic N) is 3. The van der Waals surface area contributed by atoms with E-state index >= 15 is 0 Å². The predicted molar refractivity (Wildman–Crippen MR) is 85.5 cm³/mol. The van der Waals surface area contributed by atoms with Crippen molar-refractivity contribution in [1.82, 2.24) is 19.8 Å². The molecular weight excluding hydrogens is 292 g/mol. The standard InChI is InChI=1S/C17H20N4O2/c1-20-10-11(9-15(20)22)17(23)21-8-4-7-14(21)16-18-12-5-2-3-6-13(12)19-16/h2-3,5-6,11,14H,4,7-10H2,1H3,(H,18,19)/t11?,14-/m0/s1. The van der Waals surface area contributed by atoms with Crippen LogP contribution in [-0.4, -0.2) is 51.7 Å². The van der Waals surface area contributed by atoms with E-state index in [2.05, 4.69) is 9.97 Å². The van der Waals surface area contributed by atoms with Crippen LogP contribution >= 0.6 is 0 Å². The van der Waals surface area contributed by atoms with E-state index in [4.69, 9.17) is 0 Å². The van der Waals surface area contributed by atoms with Gasteiger partial charge in [-0.3, -0.25) is 9.59 Å². The molecule has 2 aliphatic heterocycles. The molecule has 2 saturated heterocycles. The number of para-hydroxylation sites is 2. The second-order valence-corrected chi connectivity index (χ2v) is 6.50. The molecule has 0 saturated carbocycles. The van der Waals surface area contributed by atoms with Gasteiger partial charge in [-0.2, -0.15) is 0 Å². The Balaban J connectivity index is 1.59. The molecule has 2 aromatic rings. The molecule has 1 aromatic heterocycles. The number of hydrogen-bond donors (Lipinski definition) is 1. The molecule has 1 N–H and O–H groups in total. The second kappa shape index (κ2) is 5.37. The molecule has 0 radical (unpaired) electrons. The van der Waals surface area contributed by atoms with Gasteiger partial charge < -0.3 is 14.8 Å². The highest BCUT2D eigenvalue weighted by Gasteiger charge is 2.39. The molecule has 2 aliphatic rings. The zero-order chi connectivity index (χ0) is 16.0. The Hall–Kier alpha value is -2.37.